The Bertz CT molecular complexity index is 171. The zero-order valence-electron chi connectivity index (χ0n) is 11.4. The summed E-state index contributed by atoms with van der Waals surface area (Å²) in [6.45, 7) is 7.51. The second-order valence-corrected chi connectivity index (χ2v) is 4.84. The van der Waals surface area contributed by atoms with Gasteiger partial charge in [-0.1, -0.05) is 0 Å². The smallest absolute Gasteiger partial charge is 0.0587 e. The van der Waals surface area contributed by atoms with E-state index in [0.29, 0.717) is 0 Å². The fraction of sp³-hybridized carbons (Fsp3) is 1.00. The predicted octanol–water partition coefficient (Wildman–Crippen LogP) is 0.971. The third-order valence-corrected chi connectivity index (χ3v) is 3.42. The van der Waals surface area contributed by atoms with E-state index in [2.05, 4.69) is 10.2 Å². The van der Waals surface area contributed by atoms with Crippen molar-refractivity contribution in [2.75, 3.05) is 60.2 Å². The molecule has 0 radical (unpaired) electrons. The molecule has 4 heteroatoms. The molecule has 4 nitrogen and oxygen atoms in total. The summed E-state index contributed by atoms with van der Waals surface area (Å²) in [5.74, 6) is 0.788. The summed E-state index contributed by atoms with van der Waals surface area (Å²) in [5, 5.41) is 3.38. The van der Waals surface area contributed by atoms with Crippen LogP contribution in [-0.4, -0.2) is 65.1 Å². The van der Waals surface area contributed by atoms with Gasteiger partial charge in [0.15, 0.2) is 0 Å². The van der Waals surface area contributed by atoms with Crippen LogP contribution < -0.4 is 5.32 Å². The molecule has 0 unspecified atom stereocenters. The Morgan fingerprint density at radius 2 is 1.88 bits per heavy atom. The van der Waals surface area contributed by atoms with Crippen LogP contribution >= 0.6 is 0 Å². The molecule has 0 aromatic heterocycles. The molecule has 17 heavy (non-hydrogen) atoms. The first-order valence-corrected chi connectivity index (χ1v) is 6.77. The average Bonchev–Trinajstić information content (AvgIpc) is 2.36. The highest BCUT2D eigenvalue weighted by molar-refractivity contribution is 4.72. The normalized spacial score (nSPS) is 18.7. The minimum absolute atomic E-state index is 0.788. The summed E-state index contributed by atoms with van der Waals surface area (Å²) in [5.41, 5.74) is 0. The van der Waals surface area contributed by atoms with E-state index in [9.17, 15) is 0 Å². The predicted molar refractivity (Wildman–Crippen MR) is 70.4 cm³/mol. The van der Waals surface area contributed by atoms with Gasteiger partial charge in [0.2, 0.25) is 0 Å². The van der Waals surface area contributed by atoms with Crippen molar-refractivity contribution in [3.8, 4) is 0 Å². The van der Waals surface area contributed by atoms with Gasteiger partial charge in [0, 0.05) is 27.4 Å². The van der Waals surface area contributed by atoms with Crippen molar-refractivity contribution in [3.63, 3.8) is 0 Å². The largest absolute Gasteiger partial charge is 0.384 e. The van der Waals surface area contributed by atoms with Gasteiger partial charge in [-0.15, -0.1) is 0 Å². The van der Waals surface area contributed by atoms with E-state index in [4.69, 9.17) is 9.47 Å². The summed E-state index contributed by atoms with van der Waals surface area (Å²) in [6.07, 6.45) is 3.83. The Labute approximate surface area is 106 Å². The minimum Gasteiger partial charge on any atom is -0.384 e. The lowest BCUT2D eigenvalue weighted by molar-refractivity contribution is 0.0990. The first kappa shape index (κ1) is 14.9. The number of piperidine rings is 1. The molecule has 1 aliphatic heterocycles. The van der Waals surface area contributed by atoms with E-state index in [1.54, 1.807) is 14.2 Å². The summed E-state index contributed by atoms with van der Waals surface area (Å²) < 4.78 is 10.2. The maximum absolute atomic E-state index is 5.21. The molecule has 0 aliphatic carbocycles. The molecule has 0 amide bonds. The molecule has 0 saturated carbocycles. The standard InChI is InChI=1S/C13H28N2O2/c1-16-11-7-14-6-3-8-15-9-4-13(5-10-15)12-17-2/h13-14H,3-12H2,1-2H3. The van der Waals surface area contributed by atoms with E-state index in [0.717, 1.165) is 32.2 Å². The van der Waals surface area contributed by atoms with Crippen LogP contribution in [0.25, 0.3) is 0 Å². The third-order valence-electron chi connectivity index (χ3n) is 3.42. The number of methoxy groups -OCH3 is 2. The quantitative estimate of drug-likeness (QED) is 0.613. The molecule has 1 rings (SSSR count). The molecule has 0 aromatic carbocycles. The second kappa shape index (κ2) is 9.83. The van der Waals surface area contributed by atoms with Crippen molar-refractivity contribution < 1.29 is 9.47 Å². The molecule has 1 fully saturated rings. The molecule has 102 valence electrons. The van der Waals surface area contributed by atoms with Crippen LogP contribution in [0.15, 0.2) is 0 Å². The fourth-order valence-electron chi connectivity index (χ4n) is 2.34. The van der Waals surface area contributed by atoms with Crippen molar-refractivity contribution in [3.05, 3.63) is 0 Å². The number of nitrogens with one attached hydrogen (secondary N) is 1. The molecule has 0 atom stereocenters. The van der Waals surface area contributed by atoms with Crippen molar-refractivity contribution in [1.82, 2.24) is 10.2 Å². The number of likely N-dealkylation sites (tertiary alicyclic amines) is 1. The highest BCUT2D eigenvalue weighted by atomic mass is 16.5. The highest BCUT2D eigenvalue weighted by Crippen LogP contribution is 2.17. The van der Waals surface area contributed by atoms with Gasteiger partial charge in [-0.2, -0.15) is 0 Å². The van der Waals surface area contributed by atoms with Gasteiger partial charge >= 0.3 is 0 Å². The molecular weight excluding hydrogens is 216 g/mol. The van der Waals surface area contributed by atoms with E-state index in [1.165, 1.54) is 38.9 Å². The monoisotopic (exact) mass is 244 g/mol. The van der Waals surface area contributed by atoms with Crippen LogP contribution in [0.1, 0.15) is 19.3 Å². The molecular formula is C13H28N2O2. The number of hydrogen-bond acceptors (Lipinski definition) is 4. The van der Waals surface area contributed by atoms with Crippen molar-refractivity contribution in [2.45, 2.75) is 19.3 Å². The SMILES string of the molecule is COCCNCCCN1CCC(COC)CC1. The lowest BCUT2D eigenvalue weighted by Gasteiger charge is -2.31. The zero-order chi connectivity index (χ0) is 12.3. The number of ether oxygens (including phenoxy) is 2. The Kier molecular flexibility index (Phi) is 8.61. The zero-order valence-corrected chi connectivity index (χ0v) is 11.4. The van der Waals surface area contributed by atoms with Gasteiger partial charge in [0.05, 0.1) is 6.61 Å². The van der Waals surface area contributed by atoms with E-state index < -0.39 is 0 Å². The second-order valence-electron chi connectivity index (χ2n) is 4.84. The number of nitrogens with zero attached hydrogens (tertiary/aromatic N) is 1. The van der Waals surface area contributed by atoms with Crippen LogP contribution in [-0.2, 0) is 9.47 Å². The lowest BCUT2D eigenvalue weighted by atomic mass is 9.98. The van der Waals surface area contributed by atoms with Crippen molar-refractivity contribution in [2.24, 2.45) is 5.92 Å². The van der Waals surface area contributed by atoms with Gasteiger partial charge in [-0.3, -0.25) is 0 Å². The highest BCUT2D eigenvalue weighted by Gasteiger charge is 2.18. The molecule has 0 aromatic rings. The summed E-state index contributed by atoms with van der Waals surface area (Å²) in [4.78, 5) is 2.57. The summed E-state index contributed by atoms with van der Waals surface area (Å²) in [6, 6.07) is 0. The Balaban J connectivity index is 1.91. The van der Waals surface area contributed by atoms with Crippen LogP contribution in [0.4, 0.5) is 0 Å². The van der Waals surface area contributed by atoms with Crippen LogP contribution in [0.5, 0.6) is 0 Å². The molecule has 0 spiro atoms. The maximum Gasteiger partial charge on any atom is 0.0587 e. The lowest BCUT2D eigenvalue weighted by Crippen LogP contribution is -2.36. The van der Waals surface area contributed by atoms with E-state index in [1.807, 2.05) is 0 Å². The topological polar surface area (TPSA) is 33.7 Å². The van der Waals surface area contributed by atoms with Gasteiger partial charge in [0.25, 0.3) is 0 Å². The molecule has 1 heterocycles. The van der Waals surface area contributed by atoms with Gasteiger partial charge in [-0.05, 0) is 51.4 Å². The summed E-state index contributed by atoms with van der Waals surface area (Å²) in [7, 11) is 3.55. The van der Waals surface area contributed by atoms with Gasteiger partial charge < -0.3 is 19.7 Å². The average molecular weight is 244 g/mol. The van der Waals surface area contributed by atoms with Crippen LogP contribution in [0.2, 0.25) is 0 Å². The van der Waals surface area contributed by atoms with E-state index >= 15 is 0 Å². The first-order chi connectivity index (χ1) is 8.36. The third kappa shape index (κ3) is 6.99. The van der Waals surface area contributed by atoms with Crippen molar-refractivity contribution in [1.29, 1.82) is 0 Å². The van der Waals surface area contributed by atoms with Crippen LogP contribution in [0, 0.1) is 5.92 Å². The van der Waals surface area contributed by atoms with Crippen molar-refractivity contribution >= 4 is 0 Å². The first-order valence-electron chi connectivity index (χ1n) is 6.77. The molecule has 0 bridgehead atoms. The van der Waals surface area contributed by atoms with E-state index in [-0.39, 0.29) is 0 Å². The minimum atomic E-state index is 0.788. The fourth-order valence-corrected chi connectivity index (χ4v) is 2.34. The molecule has 1 N–H and O–H groups in total. The van der Waals surface area contributed by atoms with Gasteiger partial charge in [0.1, 0.15) is 0 Å². The Morgan fingerprint density at radius 1 is 1.12 bits per heavy atom. The maximum atomic E-state index is 5.21. The molecule has 1 saturated heterocycles. The van der Waals surface area contributed by atoms with Gasteiger partial charge in [-0.25, -0.2) is 0 Å². The summed E-state index contributed by atoms with van der Waals surface area (Å²) >= 11 is 0. The number of hydrogen-bond donors (Lipinski definition) is 1. The van der Waals surface area contributed by atoms with Crippen LogP contribution in [0.3, 0.4) is 0 Å². The molecule has 1 aliphatic rings. The Hall–Kier alpha value is -0.160. The Morgan fingerprint density at radius 3 is 2.53 bits per heavy atom. The number of rotatable bonds is 9.